The zero-order valence-electron chi connectivity index (χ0n) is 9.62. The Morgan fingerprint density at radius 2 is 1.87 bits per heavy atom. The largest absolute Gasteiger partial charge is 0.494 e. The first-order chi connectivity index (χ1) is 7.19. The summed E-state index contributed by atoms with van der Waals surface area (Å²) < 4.78 is 5.34. The normalized spacial score (nSPS) is 12.2. The van der Waals surface area contributed by atoms with Crippen molar-refractivity contribution < 1.29 is 9.53 Å². The maximum atomic E-state index is 11.5. The summed E-state index contributed by atoms with van der Waals surface area (Å²) in [5, 5.41) is 0. The minimum Gasteiger partial charge on any atom is -0.494 e. The zero-order valence-corrected chi connectivity index (χ0v) is 9.62. The second kappa shape index (κ2) is 5.54. The first kappa shape index (κ1) is 11.8. The van der Waals surface area contributed by atoms with Gasteiger partial charge in [-0.25, -0.2) is 0 Å². The number of hydrogen-bond acceptors (Lipinski definition) is 2. The number of ketones is 1. The van der Waals surface area contributed by atoms with Crippen LogP contribution in [-0.2, 0) is 4.79 Å². The number of rotatable bonds is 5. The molecule has 15 heavy (non-hydrogen) atoms. The van der Waals surface area contributed by atoms with Crippen molar-refractivity contribution in [1.82, 2.24) is 0 Å². The fraction of sp³-hybridized carbons (Fsp3) is 0.462. The van der Waals surface area contributed by atoms with Gasteiger partial charge in [0.05, 0.1) is 6.61 Å². The average molecular weight is 206 g/mol. The molecular weight excluding hydrogens is 188 g/mol. The van der Waals surface area contributed by atoms with Crippen LogP contribution in [0, 0.1) is 0 Å². The van der Waals surface area contributed by atoms with Crippen molar-refractivity contribution in [1.29, 1.82) is 0 Å². The van der Waals surface area contributed by atoms with Gasteiger partial charge in [0.15, 0.2) is 0 Å². The average Bonchev–Trinajstić information content (AvgIpc) is 2.28. The van der Waals surface area contributed by atoms with Gasteiger partial charge in [-0.1, -0.05) is 26.0 Å². The molecule has 2 nitrogen and oxygen atoms in total. The summed E-state index contributed by atoms with van der Waals surface area (Å²) in [7, 11) is 0. The van der Waals surface area contributed by atoms with Crippen molar-refractivity contribution in [3.8, 4) is 5.75 Å². The summed E-state index contributed by atoms with van der Waals surface area (Å²) in [6.07, 6.45) is 0.592. The Hall–Kier alpha value is -1.31. The topological polar surface area (TPSA) is 26.3 Å². The molecule has 1 aromatic rings. The molecular formula is C13H18O2. The summed E-state index contributed by atoms with van der Waals surface area (Å²) in [5.41, 5.74) is 1.06. The predicted octanol–water partition coefficient (Wildman–Crippen LogP) is 3.17. The van der Waals surface area contributed by atoms with Crippen LogP contribution in [0.2, 0.25) is 0 Å². The minimum absolute atomic E-state index is 0.00863. The number of ether oxygens (including phenoxy) is 1. The molecule has 0 aromatic heterocycles. The molecule has 2 heteroatoms. The lowest BCUT2D eigenvalue weighted by Gasteiger charge is -2.10. The second-order valence-corrected chi connectivity index (χ2v) is 3.54. The first-order valence-corrected chi connectivity index (χ1v) is 5.44. The predicted molar refractivity (Wildman–Crippen MR) is 61.3 cm³/mol. The van der Waals surface area contributed by atoms with Gasteiger partial charge in [0, 0.05) is 12.3 Å². The van der Waals surface area contributed by atoms with Gasteiger partial charge in [-0.15, -0.1) is 0 Å². The van der Waals surface area contributed by atoms with Crippen LogP contribution in [-0.4, -0.2) is 12.4 Å². The maximum Gasteiger partial charge on any atom is 0.139 e. The Labute approximate surface area is 91.3 Å². The fourth-order valence-electron chi connectivity index (χ4n) is 1.51. The van der Waals surface area contributed by atoms with E-state index in [1.54, 1.807) is 0 Å². The number of carbonyl (C=O) groups excluding carboxylic acids is 1. The molecule has 0 saturated carbocycles. The molecule has 0 spiro atoms. The summed E-state index contributed by atoms with van der Waals surface area (Å²) >= 11 is 0. The van der Waals surface area contributed by atoms with E-state index >= 15 is 0 Å². The summed E-state index contributed by atoms with van der Waals surface area (Å²) in [6, 6.07) is 7.75. The number of hydrogen-bond donors (Lipinski definition) is 0. The van der Waals surface area contributed by atoms with Crippen LogP contribution in [0.4, 0.5) is 0 Å². The highest BCUT2D eigenvalue weighted by Gasteiger charge is 2.12. The van der Waals surface area contributed by atoms with Gasteiger partial charge in [0.25, 0.3) is 0 Å². The molecule has 0 N–H and O–H groups in total. The minimum atomic E-state index is -0.00863. The first-order valence-electron chi connectivity index (χ1n) is 5.44. The molecule has 82 valence electrons. The molecule has 0 amide bonds. The van der Waals surface area contributed by atoms with Crippen molar-refractivity contribution in [2.24, 2.45) is 0 Å². The highest BCUT2D eigenvalue weighted by atomic mass is 16.5. The van der Waals surface area contributed by atoms with Gasteiger partial charge in [0.1, 0.15) is 11.5 Å². The summed E-state index contributed by atoms with van der Waals surface area (Å²) in [4.78, 5) is 11.5. The SMILES string of the molecule is CCOc1ccc(C(C)C(=O)CC)cc1. The fourth-order valence-corrected chi connectivity index (χ4v) is 1.51. The van der Waals surface area contributed by atoms with Crippen molar-refractivity contribution >= 4 is 5.78 Å². The van der Waals surface area contributed by atoms with Crippen LogP contribution in [0.15, 0.2) is 24.3 Å². The van der Waals surface area contributed by atoms with E-state index in [2.05, 4.69) is 0 Å². The molecule has 0 heterocycles. The van der Waals surface area contributed by atoms with E-state index in [0.29, 0.717) is 13.0 Å². The lowest BCUT2D eigenvalue weighted by atomic mass is 9.95. The van der Waals surface area contributed by atoms with Gasteiger partial charge >= 0.3 is 0 Å². The van der Waals surface area contributed by atoms with E-state index in [1.807, 2.05) is 45.0 Å². The van der Waals surface area contributed by atoms with E-state index in [4.69, 9.17) is 4.74 Å². The molecule has 1 unspecified atom stereocenters. The third-order valence-corrected chi connectivity index (χ3v) is 2.52. The molecule has 1 aromatic carbocycles. The van der Waals surface area contributed by atoms with Gasteiger partial charge in [-0.05, 0) is 24.6 Å². The Bertz CT molecular complexity index is 314. The lowest BCUT2D eigenvalue weighted by molar-refractivity contribution is -0.119. The molecule has 0 aliphatic rings. The zero-order chi connectivity index (χ0) is 11.3. The van der Waals surface area contributed by atoms with Crippen LogP contribution >= 0.6 is 0 Å². The monoisotopic (exact) mass is 206 g/mol. The summed E-state index contributed by atoms with van der Waals surface area (Å²) in [5.74, 6) is 1.13. The molecule has 0 aliphatic heterocycles. The third-order valence-electron chi connectivity index (χ3n) is 2.52. The van der Waals surface area contributed by atoms with Crippen molar-refractivity contribution in [2.45, 2.75) is 33.1 Å². The van der Waals surface area contributed by atoms with Crippen LogP contribution in [0.3, 0.4) is 0 Å². The van der Waals surface area contributed by atoms with Crippen LogP contribution < -0.4 is 4.74 Å². The van der Waals surface area contributed by atoms with E-state index in [-0.39, 0.29) is 11.7 Å². The molecule has 0 saturated heterocycles. The highest BCUT2D eigenvalue weighted by molar-refractivity contribution is 5.85. The third kappa shape index (κ3) is 3.08. The Morgan fingerprint density at radius 1 is 1.27 bits per heavy atom. The van der Waals surface area contributed by atoms with E-state index in [9.17, 15) is 4.79 Å². The van der Waals surface area contributed by atoms with Gasteiger partial charge in [0.2, 0.25) is 0 Å². The Morgan fingerprint density at radius 3 is 2.33 bits per heavy atom. The molecule has 0 radical (unpaired) electrons. The van der Waals surface area contributed by atoms with Crippen LogP contribution in [0.1, 0.15) is 38.7 Å². The number of Topliss-reactive ketones (excluding diaryl/α,β-unsaturated/α-hetero) is 1. The van der Waals surface area contributed by atoms with E-state index in [0.717, 1.165) is 11.3 Å². The van der Waals surface area contributed by atoms with Crippen LogP contribution in [0.25, 0.3) is 0 Å². The standard InChI is InChI=1S/C13H18O2/c1-4-13(14)10(3)11-6-8-12(9-7-11)15-5-2/h6-10H,4-5H2,1-3H3. The lowest BCUT2D eigenvalue weighted by Crippen LogP contribution is -2.07. The van der Waals surface area contributed by atoms with Crippen molar-refractivity contribution in [3.05, 3.63) is 29.8 Å². The summed E-state index contributed by atoms with van der Waals surface area (Å²) in [6.45, 7) is 6.47. The number of carbonyl (C=O) groups is 1. The van der Waals surface area contributed by atoms with Crippen molar-refractivity contribution in [3.63, 3.8) is 0 Å². The van der Waals surface area contributed by atoms with Gasteiger partial charge in [-0.2, -0.15) is 0 Å². The molecule has 0 fully saturated rings. The molecule has 1 atom stereocenters. The number of benzene rings is 1. The van der Waals surface area contributed by atoms with Crippen LogP contribution in [0.5, 0.6) is 5.75 Å². The quantitative estimate of drug-likeness (QED) is 0.739. The molecule has 0 bridgehead atoms. The molecule has 0 aliphatic carbocycles. The molecule has 1 rings (SSSR count). The van der Waals surface area contributed by atoms with E-state index < -0.39 is 0 Å². The second-order valence-electron chi connectivity index (χ2n) is 3.54. The van der Waals surface area contributed by atoms with Crippen molar-refractivity contribution in [2.75, 3.05) is 6.61 Å². The Balaban J connectivity index is 2.75. The van der Waals surface area contributed by atoms with Gasteiger partial charge < -0.3 is 4.74 Å². The van der Waals surface area contributed by atoms with Gasteiger partial charge in [-0.3, -0.25) is 4.79 Å². The maximum absolute atomic E-state index is 11.5. The Kier molecular flexibility index (Phi) is 4.35. The highest BCUT2D eigenvalue weighted by Crippen LogP contribution is 2.20. The van der Waals surface area contributed by atoms with E-state index in [1.165, 1.54) is 0 Å². The smallest absolute Gasteiger partial charge is 0.139 e.